The first-order chi connectivity index (χ1) is 12.1. The Balaban J connectivity index is 2.05. The molecule has 130 valence electrons. The first-order valence-corrected chi connectivity index (χ1v) is 9.80. The Morgan fingerprint density at radius 1 is 1.32 bits per heavy atom. The van der Waals surface area contributed by atoms with Gasteiger partial charge in [0.25, 0.3) is 5.56 Å². The summed E-state index contributed by atoms with van der Waals surface area (Å²) in [7, 11) is 0. The van der Waals surface area contributed by atoms with E-state index in [0.29, 0.717) is 10.9 Å². The van der Waals surface area contributed by atoms with Crippen molar-refractivity contribution in [3.05, 3.63) is 45.7 Å². The molecule has 0 spiro atoms. The molecule has 0 radical (unpaired) electrons. The van der Waals surface area contributed by atoms with Crippen molar-refractivity contribution in [2.75, 3.05) is 5.75 Å². The van der Waals surface area contributed by atoms with Gasteiger partial charge in [-0.1, -0.05) is 56.8 Å². The molecule has 0 fully saturated rings. The minimum Gasteiger partial charge on any atom is -0.268 e. The fraction of sp³-hybridized carbons (Fsp3) is 0.421. The number of aromatic amines is 1. The topological polar surface area (TPSA) is 63.0 Å². The van der Waals surface area contributed by atoms with Crippen molar-refractivity contribution in [3.63, 3.8) is 0 Å². The van der Waals surface area contributed by atoms with Crippen molar-refractivity contribution in [1.82, 2.24) is 19.6 Å². The summed E-state index contributed by atoms with van der Waals surface area (Å²) >= 11 is 1.60. The summed E-state index contributed by atoms with van der Waals surface area (Å²) in [6.45, 7) is 6.44. The molecule has 5 nitrogen and oxygen atoms in total. The van der Waals surface area contributed by atoms with Gasteiger partial charge in [-0.3, -0.25) is 4.79 Å². The maximum absolute atomic E-state index is 13.5. The number of H-pyrrole nitrogens is 1. The van der Waals surface area contributed by atoms with Gasteiger partial charge in [0.05, 0.1) is 11.3 Å². The van der Waals surface area contributed by atoms with Crippen LogP contribution in [-0.4, -0.2) is 25.3 Å². The molecule has 0 saturated carbocycles. The van der Waals surface area contributed by atoms with Crippen molar-refractivity contribution in [2.24, 2.45) is 0 Å². The van der Waals surface area contributed by atoms with Gasteiger partial charge in [-0.25, -0.2) is 14.5 Å². The first-order valence-electron chi connectivity index (χ1n) is 8.81. The summed E-state index contributed by atoms with van der Waals surface area (Å²) in [5, 5.41) is 7.98. The van der Waals surface area contributed by atoms with Gasteiger partial charge in [-0.2, -0.15) is 0 Å². The fourth-order valence-electron chi connectivity index (χ4n) is 3.67. The Bertz CT molecular complexity index is 1010. The third-order valence-corrected chi connectivity index (χ3v) is 6.34. The lowest BCUT2D eigenvalue weighted by molar-refractivity contribution is 0.439. The van der Waals surface area contributed by atoms with Crippen molar-refractivity contribution < 1.29 is 0 Å². The van der Waals surface area contributed by atoms with Gasteiger partial charge in [0, 0.05) is 16.7 Å². The number of rotatable bonds is 4. The Morgan fingerprint density at radius 3 is 2.88 bits per heavy atom. The van der Waals surface area contributed by atoms with Crippen LogP contribution in [0.25, 0.3) is 17.0 Å². The van der Waals surface area contributed by atoms with E-state index in [1.165, 1.54) is 5.56 Å². The lowest BCUT2D eigenvalue weighted by atomic mass is 9.69. The van der Waals surface area contributed by atoms with Gasteiger partial charge in [0.2, 0.25) is 5.78 Å². The summed E-state index contributed by atoms with van der Waals surface area (Å²) in [6.07, 6.45) is 2.80. The molecule has 4 rings (SSSR count). The number of benzene rings is 1. The summed E-state index contributed by atoms with van der Waals surface area (Å²) in [4.78, 5) is 18.3. The van der Waals surface area contributed by atoms with Gasteiger partial charge in [0.1, 0.15) is 0 Å². The number of nitrogens with one attached hydrogen (secondary N) is 1. The Morgan fingerprint density at radius 2 is 2.12 bits per heavy atom. The Kier molecular flexibility index (Phi) is 3.95. The zero-order valence-corrected chi connectivity index (χ0v) is 15.6. The molecule has 1 aromatic carbocycles. The lowest BCUT2D eigenvalue weighted by Crippen LogP contribution is -2.37. The highest BCUT2D eigenvalue weighted by Gasteiger charge is 2.38. The quantitative estimate of drug-likeness (QED) is 0.724. The van der Waals surface area contributed by atoms with Crippen LogP contribution in [-0.2, 0) is 11.8 Å². The van der Waals surface area contributed by atoms with Crippen LogP contribution in [0.4, 0.5) is 0 Å². The second kappa shape index (κ2) is 6.02. The third kappa shape index (κ3) is 2.42. The molecular formula is C19H22N4OS. The lowest BCUT2D eigenvalue weighted by Gasteiger charge is -2.34. The predicted octanol–water partition coefficient (Wildman–Crippen LogP) is 3.81. The molecule has 0 saturated heterocycles. The van der Waals surface area contributed by atoms with Gasteiger partial charge >= 0.3 is 0 Å². The molecule has 1 aliphatic carbocycles. The van der Waals surface area contributed by atoms with E-state index in [0.717, 1.165) is 41.8 Å². The molecule has 6 heteroatoms. The average molecular weight is 354 g/mol. The van der Waals surface area contributed by atoms with Crippen LogP contribution >= 0.6 is 11.8 Å². The van der Waals surface area contributed by atoms with E-state index in [9.17, 15) is 4.79 Å². The summed E-state index contributed by atoms with van der Waals surface area (Å²) < 4.78 is 1.65. The monoisotopic (exact) mass is 354 g/mol. The number of hydrogen-bond donors (Lipinski definition) is 1. The van der Waals surface area contributed by atoms with Gasteiger partial charge in [-0.05, 0) is 24.8 Å². The molecule has 1 atom stereocenters. The SMILES string of the molecule is CCCSc1n[nH]c2nc3c(c(=O)n12)[C@@](C)(CC)Cc1ccccc1-3. The molecule has 1 aliphatic rings. The predicted molar refractivity (Wildman–Crippen MR) is 101 cm³/mol. The van der Waals surface area contributed by atoms with E-state index in [-0.39, 0.29) is 11.0 Å². The molecule has 2 heterocycles. The molecule has 0 bridgehead atoms. The minimum absolute atomic E-state index is 0.0196. The van der Waals surface area contributed by atoms with E-state index < -0.39 is 0 Å². The Hall–Kier alpha value is -2.08. The molecule has 0 unspecified atom stereocenters. The molecule has 3 aromatic rings. The van der Waals surface area contributed by atoms with Gasteiger partial charge < -0.3 is 0 Å². The van der Waals surface area contributed by atoms with E-state index in [4.69, 9.17) is 4.98 Å². The van der Waals surface area contributed by atoms with E-state index in [2.05, 4.69) is 49.2 Å². The molecular weight excluding hydrogens is 332 g/mol. The maximum atomic E-state index is 13.5. The van der Waals surface area contributed by atoms with E-state index in [1.807, 2.05) is 6.07 Å². The minimum atomic E-state index is -0.209. The summed E-state index contributed by atoms with van der Waals surface area (Å²) in [5.41, 5.74) is 3.78. The van der Waals surface area contributed by atoms with Gasteiger partial charge in [-0.15, -0.1) is 5.10 Å². The van der Waals surface area contributed by atoms with Crippen LogP contribution in [0, 0.1) is 0 Å². The van der Waals surface area contributed by atoms with Crippen molar-refractivity contribution in [2.45, 2.75) is 50.6 Å². The standard InChI is InChI=1S/C19H22N4OS/c1-4-10-25-18-22-21-17-20-15-13-9-7-6-8-12(13)11-19(3,5-2)14(15)16(24)23(17)18/h6-9H,4-5,10-11H2,1-3H3,(H,20,21)/t19-/m0/s1. The number of hydrogen-bond acceptors (Lipinski definition) is 4. The normalized spacial score (nSPS) is 19.0. The first kappa shape index (κ1) is 16.4. The zero-order chi connectivity index (χ0) is 17.6. The highest BCUT2D eigenvalue weighted by molar-refractivity contribution is 7.99. The second-order valence-electron chi connectivity index (χ2n) is 6.90. The number of thioether (sulfide) groups is 1. The number of nitrogens with zero attached hydrogens (tertiary/aromatic N) is 3. The molecule has 25 heavy (non-hydrogen) atoms. The maximum Gasteiger partial charge on any atom is 0.265 e. The highest BCUT2D eigenvalue weighted by atomic mass is 32.2. The van der Waals surface area contributed by atoms with Crippen LogP contribution in [0.15, 0.2) is 34.2 Å². The smallest absolute Gasteiger partial charge is 0.265 e. The zero-order valence-electron chi connectivity index (χ0n) is 14.8. The summed E-state index contributed by atoms with van der Waals surface area (Å²) in [6, 6.07) is 8.28. The van der Waals surface area contributed by atoms with Crippen molar-refractivity contribution in [3.8, 4) is 11.3 Å². The number of aromatic nitrogens is 4. The van der Waals surface area contributed by atoms with Crippen LogP contribution in [0.2, 0.25) is 0 Å². The molecule has 1 N–H and O–H groups in total. The second-order valence-corrected chi connectivity index (χ2v) is 7.96. The largest absolute Gasteiger partial charge is 0.268 e. The molecule has 2 aromatic heterocycles. The van der Waals surface area contributed by atoms with Gasteiger partial charge in [0.15, 0.2) is 5.16 Å². The summed E-state index contributed by atoms with van der Waals surface area (Å²) in [5.74, 6) is 1.45. The highest BCUT2D eigenvalue weighted by Crippen LogP contribution is 2.42. The van der Waals surface area contributed by atoms with Crippen LogP contribution in [0.1, 0.15) is 44.7 Å². The van der Waals surface area contributed by atoms with Crippen molar-refractivity contribution in [1.29, 1.82) is 0 Å². The average Bonchev–Trinajstić information content (AvgIpc) is 3.03. The molecule has 0 aliphatic heterocycles. The van der Waals surface area contributed by atoms with Crippen LogP contribution in [0.3, 0.4) is 0 Å². The fourth-order valence-corrected chi connectivity index (χ4v) is 4.46. The van der Waals surface area contributed by atoms with Crippen LogP contribution in [0.5, 0.6) is 0 Å². The van der Waals surface area contributed by atoms with E-state index in [1.54, 1.807) is 16.2 Å². The van der Waals surface area contributed by atoms with Crippen LogP contribution < -0.4 is 5.56 Å². The number of fused-ring (bicyclic) bond motifs is 4. The Labute approximate surface area is 150 Å². The van der Waals surface area contributed by atoms with Crippen molar-refractivity contribution >= 4 is 17.5 Å². The molecule has 0 amide bonds. The van der Waals surface area contributed by atoms with E-state index >= 15 is 0 Å². The third-order valence-electron chi connectivity index (χ3n) is 5.20.